The van der Waals surface area contributed by atoms with E-state index in [1.54, 1.807) is 0 Å². The summed E-state index contributed by atoms with van der Waals surface area (Å²) < 4.78 is 6.15. The van der Waals surface area contributed by atoms with Crippen molar-refractivity contribution in [3.63, 3.8) is 0 Å². The van der Waals surface area contributed by atoms with E-state index in [4.69, 9.17) is 27.9 Å². The summed E-state index contributed by atoms with van der Waals surface area (Å²) in [5, 5.41) is 4.84. The zero-order valence-corrected chi connectivity index (χ0v) is 12.9. The zero-order chi connectivity index (χ0) is 14.9. The molecule has 2 nitrogen and oxygen atoms in total. The van der Waals surface area contributed by atoms with Crippen LogP contribution in [-0.4, -0.2) is 5.72 Å². The number of fused-ring (bicyclic) bond motifs is 1. The lowest BCUT2D eigenvalue weighted by molar-refractivity contribution is 0.122. The maximum absolute atomic E-state index is 6.27. The fourth-order valence-electron chi connectivity index (χ4n) is 2.60. The summed E-state index contributed by atoms with van der Waals surface area (Å²) in [7, 11) is 0. The first-order valence-electron chi connectivity index (χ1n) is 6.73. The average molecular weight is 320 g/mol. The van der Waals surface area contributed by atoms with Gasteiger partial charge in [-0.25, -0.2) is 0 Å². The molecule has 0 bridgehead atoms. The molecule has 3 rings (SSSR count). The zero-order valence-electron chi connectivity index (χ0n) is 11.4. The predicted molar refractivity (Wildman–Crippen MR) is 88.4 cm³/mol. The van der Waals surface area contributed by atoms with Crippen molar-refractivity contribution in [3.05, 3.63) is 70.7 Å². The normalized spacial score (nSPS) is 19.5. The SMILES string of the molecule is C=CCC1(Cc2ccccc2Cl)Nc2cc(Cl)ccc2O1. The summed E-state index contributed by atoms with van der Waals surface area (Å²) in [6, 6.07) is 13.4. The van der Waals surface area contributed by atoms with E-state index < -0.39 is 5.72 Å². The molecule has 1 unspecified atom stereocenters. The van der Waals surface area contributed by atoms with E-state index in [-0.39, 0.29) is 0 Å². The molecule has 108 valence electrons. The van der Waals surface area contributed by atoms with Crippen molar-refractivity contribution < 1.29 is 4.74 Å². The van der Waals surface area contributed by atoms with Gasteiger partial charge in [-0.05, 0) is 29.8 Å². The van der Waals surface area contributed by atoms with Crippen LogP contribution < -0.4 is 10.1 Å². The largest absolute Gasteiger partial charge is 0.465 e. The van der Waals surface area contributed by atoms with Crippen LogP contribution in [0.1, 0.15) is 12.0 Å². The van der Waals surface area contributed by atoms with Crippen molar-refractivity contribution in [2.75, 3.05) is 5.32 Å². The number of hydrogen-bond donors (Lipinski definition) is 1. The maximum atomic E-state index is 6.27. The second-order valence-electron chi connectivity index (χ2n) is 5.12. The Labute approximate surface area is 134 Å². The van der Waals surface area contributed by atoms with Crippen LogP contribution in [0.3, 0.4) is 0 Å². The molecule has 0 saturated heterocycles. The van der Waals surface area contributed by atoms with Crippen molar-refractivity contribution in [3.8, 4) is 5.75 Å². The predicted octanol–water partition coefficient (Wildman–Crippen LogP) is 5.31. The molecule has 2 aromatic rings. The van der Waals surface area contributed by atoms with Gasteiger partial charge in [0, 0.05) is 22.9 Å². The summed E-state index contributed by atoms with van der Waals surface area (Å²) in [6.45, 7) is 3.83. The molecule has 1 aliphatic rings. The average Bonchev–Trinajstić information content (AvgIpc) is 2.79. The van der Waals surface area contributed by atoms with Crippen LogP contribution in [0.4, 0.5) is 5.69 Å². The molecule has 2 aromatic carbocycles. The quantitative estimate of drug-likeness (QED) is 0.771. The molecule has 21 heavy (non-hydrogen) atoms. The summed E-state index contributed by atoms with van der Waals surface area (Å²) >= 11 is 12.3. The third-order valence-corrected chi connectivity index (χ3v) is 4.12. The van der Waals surface area contributed by atoms with Crippen LogP contribution in [0.15, 0.2) is 55.1 Å². The van der Waals surface area contributed by atoms with Gasteiger partial charge in [-0.15, -0.1) is 6.58 Å². The maximum Gasteiger partial charge on any atom is 0.188 e. The molecular formula is C17H15Cl2NO. The number of nitrogens with one attached hydrogen (secondary N) is 1. The monoisotopic (exact) mass is 319 g/mol. The van der Waals surface area contributed by atoms with Crippen LogP contribution in [0.2, 0.25) is 10.0 Å². The van der Waals surface area contributed by atoms with Crippen LogP contribution in [0, 0.1) is 0 Å². The number of ether oxygens (including phenoxy) is 1. The summed E-state index contributed by atoms with van der Waals surface area (Å²) in [5.74, 6) is 0.799. The lowest BCUT2D eigenvalue weighted by Gasteiger charge is -2.28. The van der Waals surface area contributed by atoms with Gasteiger partial charge in [-0.2, -0.15) is 0 Å². The first kappa shape index (κ1) is 14.3. The minimum absolute atomic E-state index is 0.570. The molecule has 0 aromatic heterocycles. The van der Waals surface area contributed by atoms with Crippen molar-refractivity contribution >= 4 is 28.9 Å². The van der Waals surface area contributed by atoms with E-state index in [0.717, 1.165) is 22.0 Å². The number of benzene rings is 2. The standard InChI is InChI=1S/C17H15Cl2NO/c1-2-9-17(11-12-5-3-4-6-14(12)19)20-15-10-13(18)7-8-16(15)21-17/h2-8,10,20H,1,9,11H2. The third kappa shape index (κ3) is 2.87. The fraction of sp³-hybridized carbons (Fsp3) is 0.176. The second kappa shape index (κ2) is 5.63. The van der Waals surface area contributed by atoms with Crippen LogP contribution in [0.5, 0.6) is 5.75 Å². The highest BCUT2D eigenvalue weighted by Gasteiger charge is 2.38. The molecule has 1 N–H and O–H groups in total. The van der Waals surface area contributed by atoms with E-state index in [9.17, 15) is 0 Å². The van der Waals surface area contributed by atoms with Gasteiger partial charge in [0.15, 0.2) is 5.72 Å². The Morgan fingerprint density at radius 3 is 2.76 bits per heavy atom. The van der Waals surface area contributed by atoms with Gasteiger partial charge >= 0.3 is 0 Å². The first-order valence-corrected chi connectivity index (χ1v) is 7.48. The van der Waals surface area contributed by atoms with Crippen molar-refractivity contribution in [1.29, 1.82) is 0 Å². The highest BCUT2D eigenvalue weighted by molar-refractivity contribution is 6.31. The van der Waals surface area contributed by atoms with E-state index in [1.165, 1.54) is 0 Å². The summed E-state index contributed by atoms with van der Waals surface area (Å²) in [6.07, 6.45) is 3.15. The highest BCUT2D eigenvalue weighted by atomic mass is 35.5. The van der Waals surface area contributed by atoms with Crippen molar-refractivity contribution in [2.24, 2.45) is 0 Å². The Kier molecular flexibility index (Phi) is 3.83. The van der Waals surface area contributed by atoms with E-state index >= 15 is 0 Å². The number of rotatable bonds is 4. The molecule has 0 fully saturated rings. The smallest absolute Gasteiger partial charge is 0.188 e. The van der Waals surface area contributed by atoms with E-state index in [0.29, 0.717) is 17.9 Å². The first-order chi connectivity index (χ1) is 10.1. The lowest BCUT2D eigenvalue weighted by Crippen LogP contribution is -2.42. The van der Waals surface area contributed by atoms with Gasteiger partial charge < -0.3 is 10.1 Å². The Hall–Kier alpha value is -1.64. The molecule has 4 heteroatoms. The molecular weight excluding hydrogens is 305 g/mol. The van der Waals surface area contributed by atoms with E-state index in [1.807, 2.05) is 48.5 Å². The third-order valence-electron chi connectivity index (χ3n) is 3.52. The van der Waals surface area contributed by atoms with Gasteiger partial charge in [0.2, 0.25) is 0 Å². The molecule has 1 aliphatic heterocycles. The Morgan fingerprint density at radius 1 is 1.19 bits per heavy atom. The molecule has 0 amide bonds. The molecule has 0 saturated carbocycles. The highest BCUT2D eigenvalue weighted by Crippen LogP contribution is 2.41. The fourth-order valence-corrected chi connectivity index (χ4v) is 2.97. The molecule has 0 aliphatic carbocycles. The van der Waals surface area contributed by atoms with E-state index in [2.05, 4.69) is 11.9 Å². The Morgan fingerprint density at radius 2 is 2.00 bits per heavy atom. The second-order valence-corrected chi connectivity index (χ2v) is 5.97. The molecule has 0 spiro atoms. The summed E-state index contributed by atoms with van der Waals surface area (Å²) in [5.41, 5.74) is 1.36. The van der Waals surface area contributed by atoms with Gasteiger partial charge in [-0.1, -0.05) is 47.5 Å². The molecule has 1 atom stereocenters. The number of halogens is 2. The lowest BCUT2D eigenvalue weighted by atomic mass is 9.99. The Balaban J connectivity index is 1.93. The number of anilines is 1. The Bertz CT molecular complexity index is 686. The van der Waals surface area contributed by atoms with Crippen LogP contribution >= 0.6 is 23.2 Å². The van der Waals surface area contributed by atoms with Gasteiger partial charge in [0.1, 0.15) is 5.75 Å². The molecule has 0 radical (unpaired) electrons. The minimum atomic E-state index is -0.570. The molecule has 1 heterocycles. The van der Waals surface area contributed by atoms with Crippen LogP contribution in [0.25, 0.3) is 0 Å². The number of hydrogen-bond acceptors (Lipinski definition) is 2. The van der Waals surface area contributed by atoms with Gasteiger partial charge in [0.05, 0.1) is 5.69 Å². The van der Waals surface area contributed by atoms with Gasteiger partial charge in [0.25, 0.3) is 0 Å². The minimum Gasteiger partial charge on any atom is -0.465 e. The summed E-state index contributed by atoms with van der Waals surface area (Å²) in [4.78, 5) is 0. The van der Waals surface area contributed by atoms with Gasteiger partial charge in [-0.3, -0.25) is 0 Å². The topological polar surface area (TPSA) is 21.3 Å². The van der Waals surface area contributed by atoms with Crippen LogP contribution in [-0.2, 0) is 6.42 Å². The van der Waals surface area contributed by atoms with Crippen molar-refractivity contribution in [2.45, 2.75) is 18.6 Å². The van der Waals surface area contributed by atoms with Crippen molar-refractivity contribution in [1.82, 2.24) is 0 Å².